The summed E-state index contributed by atoms with van der Waals surface area (Å²) in [6.07, 6.45) is 0. The molecule has 1 aliphatic heterocycles. The Kier molecular flexibility index (Phi) is 2.71. The van der Waals surface area contributed by atoms with Crippen molar-refractivity contribution in [2.24, 2.45) is 4.99 Å². The van der Waals surface area contributed by atoms with Gasteiger partial charge in [-0.1, -0.05) is 0 Å². The molecule has 0 spiro atoms. The number of hydrogen-bond acceptors (Lipinski definition) is 6. The zero-order valence-electron chi connectivity index (χ0n) is 9.16. The van der Waals surface area contributed by atoms with Gasteiger partial charge in [0.15, 0.2) is 6.04 Å². The van der Waals surface area contributed by atoms with Crippen LogP contribution in [0.3, 0.4) is 0 Å². The molecule has 5 nitrogen and oxygen atoms in total. The number of thiazole rings is 1. The maximum absolute atomic E-state index is 10.8. The Bertz CT molecular complexity index is 665. The molecule has 1 aromatic heterocycles. The molecule has 3 rings (SSSR count). The van der Waals surface area contributed by atoms with Gasteiger partial charge in [-0.3, -0.25) is 4.99 Å². The van der Waals surface area contributed by atoms with Gasteiger partial charge in [-0.05, 0) is 18.2 Å². The number of nitrogens with zero attached hydrogens (tertiary/aromatic N) is 2. The monoisotopic (exact) mass is 279 g/mol. The van der Waals surface area contributed by atoms with E-state index in [4.69, 9.17) is 10.8 Å². The molecule has 0 bridgehead atoms. The van der Waals surface area contributed by atoms with Crippen molar-refractivity contribution < 1.29 is 9.90 Å². The van der Waals surface area contributed by atoms with E-state index in [0.717, 1.165) is 15.2 Å². The van der Waals surface area contributed by atoms with Crippen molar-refractivity contribution in [2.75, 3.05) is 11.5 Å². The van der Waals surface area contributed by atoms with Crippen LogP contribution in [0, 0.1) is 0 Å². The number of nitrogens with two attached hydrogens (primary N) is 1. The van der Waals surface area contributed by atoms with Crippen LogP contribution in [0.1, 0.15) is 5.01 Å². The molecule has 0 saturated heterocycles. The van der Waals surface area contributed by atoms with E-state index in [1.54, 1.807) is 6.07 Å². The first-order valence-electron chi connectivity index (χ1n) is 5.23. The number of thioether (sulfide) groups is 1. The summed E-state index contributed by atoms with van der Waals surface area (Å²) in [6, 6.07) is 4.88. The molecule has 0 amide bonds. The topological polar surface area (TPSA) is 88.6 Å². The summed E-state index contributed by atoms with van der Waals surface area (Å²) in [5.41, 5.74) is 7.28. The lowest BCUT2D eigenvalue weighted by atomic mass is 10.3. The largest absolute Gasteiger partial charge is 0.480 e. The van der Waals surface area contributed by atoms with Crippen molar-refractivity contribution in [3.8, 4) is 0 Å². The molecule has 0 radical (unpaired) electrons. The molecule has 3 N–H and O–H groups in total. The number of benzene rings is 1. The third kappa shape index (κ3) is 1.95. The molecular weight excluding hydrogens is 270 g/mol. The molecule has 1 aromatic carbocycles. The summed E-state index contributed by atoms with van der Waals surface area (Å²) in [6.45, 7) is 0. The summed E-state index contributed by atoms with van der Waals surface area (Å²) in [7, 11) is 0. The van der Waals surface area contributed by atoms with E-state index in [1.165, 1.54) is 23.1 Å². The van der Waals surface area contributed by atoms with Gasteiger partial charge in [0.1, 0.15) is 10.1 Å². The average Bonchev–Trinajstić information content (AvgIpc) is 2.93. The van der Waals surface area contributed by atoms with Crippen LogP contribution < -0.4 is 5.73 Å². The Balaban J connectivity index is 2.00. The van der Waals surface area contributed by atoms with Crippen LogP contribution in [0.4, 0.5) is 5.69 Å². The van der Waals surface area contributed by atoms with Crippen LogP contribution in [0.15, 0.2) is 23.2 Å². The van der Waals surface area contributed by atoms with E-state index in [0.29, 0.717) is 16.5 Å². The van der Waals surface area contributed by atoms with Crippen LogP contribution in [0.25, 0.3) is 10.2 Å². The minimum atomic E-state index is -0.886. The van der Waals surface area contributed by atoms with Gasteiger partial charge in [0.05, 0.1) is 10.2 Å². The maximum atomic E-state index is 10.8. The van der Waals surface area contributed by atoms with Gasteiger partial charge >= 0.3 is 5.97 Å². The van der Waals surface area contributed by atoms with Crippen LogP contribution in [-0.2, 0) is 4.79 Å². The third-order valence-corrected chi connectivity index (χ3v) is 4.74. The Morgan fingerprint density at radius 2 is 2.33 bits per heavy atom. The smallest absolute Gasteiger partial charge is 0.329 e. The van der Waals surface area contributed by atoms with Gasteiger partial charge in [0, 0.05) is 11.4 Å². The van der Waals surface area contributed by atoms with Gasteiger partial charge in [-0.2, -0.15) is 0 Å². The second-order valence-corrected chi connectivity index (χ2v) is 5.88. The van der Waals surface area contributed by atoms with E-state index >= 15 is 0 Å². The van der Waals surface area contributed by atoms with Gasteiger partial charge in [-0.25, -0.2) is 9.78 Å². The molecule has 0 fully saturated rings. The fourth-order valence-electron chi connectivity index (χ4n) is 1.65. The Hall–Kier alpha value is -1.60. The summed E-state index contributed by atoms with van der Waals surface area (Å²) < 4.78 is 0.993. The second-order valence-electron chi connectivity index (χ2n) is 3.85. The molecule has 18 heavy (non-hydrogen) atoms. The SMILES string of the molecule is Nc1ccc2nc(C3=N[C@H](C(=O)O)CS3)sc2c1. The van der Waals surface area contributed by atoms with E-state index in [1.807, 2.05) is 12.1 Å². The number of aliphatic imine (C=N–C) groups is 1. The Labute approximate surface area is 111 Å². The highest BCUT2D eigenvalue weighted by Crippen LogP contribution is 2.30. The number of carbonyl (C=O) groups is 1. The van der Waals surface area contributed by atoms with Crippen LogP contribution in [-0.4, -0.2) is 32.9 Å². The standard InChI is InChI=1S/C11H9N3O2S2/c12-5-1-2-6-8(3-5)18-10(13-6)9-14-7(4-17-9)11(15)16/h1-3,7H,4,12H2,(H,15,16)/t7-/m0/s1. The van der Waals surface area contributed by atoms with Crippen LogP contribution >= 0.6 is 23.1 Å². The fraction of sp³-hybridized carbons (Fsp3) is 0.182. The number of carboxylic acids is 1. The number of aliphatic carboxylic acids is 1. The quantitative estimate of drug-likeness (QED) is 0.819. The van der Waals surface area contributed by atoms with Crippen molar-refractivity contribution in [3.05, 3.63) is 23.2 Å². The van der Waals surface area contributed by atoms with Crippen molar-refractivity contribution >= 4 is 50.0 Å². The van der Waals surface area contributed by atoms with Crippen molar-refractivity contribution in [1.82, 2.24) is 4.98 Å². The predicted molar refractivity (Wildman–Crippen MR) is 74.5 cm³/mol. The molecular formula is C11H9N3O2S2. The number of carboxylic acid groups (broad SMARTS) is 1. The van der Waals surface area contributed by atoms with Gasteiger partial charge < -0.3 is 10.8 Å². The maximum Gasteiger partial charge on any atom is 0.329 e. The Morgan fingerprint density at radius 3 is 3.06 bits per heavy atom. The van der Waals surface area contributed by atoms with Gasteiger partial charge in [-0.15, -0.1) is 23.1 Å². The summed E-state index contributed by atoms with van der Waals surface area (Å²) in [5, 5.41) is 10.4. The highest BCUT2D eigenvalue weighted by Gasteiger charge is 2.26. The highest BCUT2D eigenvalue weighted by atomic mass is 32.2. The molecule has 2 aromatic rings. The predicted octanol–water partition coefficient (Wildman–Crippen LogP) is 1.83. The molecule has 92 valence electrons. The van der Waals surface area contributed by atoms with E-state index < -0.39 is 12.0 Å². The number of nitrogen functional groups attached to an aromatic ring is 1. The van der Waals surface area contributed by atoms with Crippen LogP contribution in [0.5, 0.6) is 0 Å². The molecule has 1 aliphatic rings. The molecule has 2 heterocycles. The first kappa shape index (κ1) is 11.5. The number of fused-ring (bicyclic) bond motifs is 1. The lowest BCUT2D eigenvalue weighted by Crippen LogP contribution is -2.17. The number of aromatic nitrogens is 1. The molecule has 1 atom stereocenters. The number of rotatable bonds is 2. The van der Waals surface area contributed by atoms with Crippen molar-refractivity contribution in [2.45, 2.75) is 6.04 Å². The fourth-order valence-corrected chi connectivity index (χ4v) is 3.76. The molecule has 7 heteroatoms. The lowest BCUT2D eigenvalue weighted by molar-refractivity contribution is -0.137. The zero-order chi connectivity index (χ0) is 12.7. The van der Waals surface area contributed by atoms with Crippen molar-refractivity contribution in [3.63, 3.8) is 0 Å². The minimum Gasteiger partial charge on any atom is -0.480 e. The van der Waals surface area contributed by atoms with Crippen LogP contribution in [0.2, 0.25) is 0 Å². The van der Waals surface area contributed by atoms with E-state index in [2.05, 4.69) is 9.98 Å². The average molecular weight is 279 g/mol. The number of anilines is 1. The summed E-state index contributed by atoms with van der Waals surface area (Å²) >= 11 is 2.92. The van der Waals surface area contributed by atoms with Gasteiger partial charge in [0.25, 0.3) is 0 Å². The third-order valence-electron chi connectivity index (χ3n) is 2.53. The second kappa shape index (κ2) is 4.25. The first-order valence-corrected chi connectivity index (χ1v) is 7.03. The normalized spacial score (nSPS) is 19.1. The zero-order valence-corrected chi connectivity index (χ0v) is 10.8. The molecule has 0 saturated carbocycles. The van der Waals surface area contributed by atoms with Crippen molar-refractivity contribution in [1.29, 1.82) is 0 Å². The Morgan fingerprint density at radius 1 is 1.50 bits per heavy atom. The summed E-state index contributed by atoms with van der Waals surface area (Å²) in [4.78, 5) is 19.5. The minimum absolute atomic E-state index is 0.475. The lowest BCUT2D eigenvalue weighted by Gasteiger charge is -1.93. The van der Waals surface area contributed by atoms with E-state index in [9.17, 15) is 4.79 Å². The summed E-state index contributed by atoms with van der Waals surface area (Å²) in [5.74, 6) is -0.411. The van der Waals surface area contributed by atoms with Gasteiger partial charge in [0.2, 0.25) is 0 Å². The number of hydrogen-bond donors (Lipinski definition) is 2. The molecule has 0 unspecified atom stereocenters. The highest BCUT2D eigenvalue weighted by molar-refractivity contribution is 8.15. The molecule has 0 aliphatic carbocycles. The van der Waals surface area contributed by atoms with E-state index in [-0.39, 0.29) is 0 Å². The first-order chi connectivity index (χ1) is 8.63.